The summed E-state index contributed by atoms with van der Waals surface area (Å²) in [6, 6.07) is 39.0. The Bertz CT molecular complexity index is 2450. The zero-order valence-corrected chi connectivity index (χ0v) is 24.4. The van der Waals surface area contributed by atoms with Crippen LogP contribution >= 0.6 is 0 Å². The summed E-state index contributed by atoms with van der Waals surface area (Å²) in [6.45, 7) is -4.63. The quantitative estimate of drug-likeness (QED) is 0.168. The van der Waals surface area contributed by atoms with E-state index in [1.165, 1.54) is 56.8 Å². The van der Waals surface area contributed by atoms with E-state index >= 15 is 0 Å². The number of fused-ring (bicyclic) bond motifs is 6. The molecule has 1 radical (unpaired) electrons. The van der Waals surface area contributed by atoms with Gasteiger partial charge in [0.25, 0.3) is 0 Å². The monoisotopic (exact) mass is 723 g/mol. The molecule has 0 aliphatic carbocycles. The Morgan fingerprint density at radius 1 is 0.786 bits per heavy atom. The van der Waals surface area contributed by atoms with Gasteiger partial charge in [-0.2, -0.15) is 5.26 Å². The predicted octanol–water partition coefficient (Wildman–Crippen LogP) is 8.73. The van der Waals surface area contributed by atoms with Gasteiger partial charge in [-0.05, 0) is 30.2 Å². The average Bonchev–Trinajstić information content (AvgIpc) is 3.60. The Morgan fingerprint density at radius 2 is 1.60 bits per heavy atom. The van der Waals surface area contributed by atoms with Crippen LogP contribution < -0.4 is 0 Å². The van der Waals surface area contributed by atoms with Crippen molar-refractivity contribution < 1.29 is 28.3 Å². The van der Waals surface area contributed by atoms with Crippen LogP contribution in [0.5, 0.6) is 0 Å². The van der Waals surface area contributed by atoms with E-state index in [0.717, 1.165) is 23.0 Å². The molecular weight excluding hydrogens is 693 g/mol. The molecule has 0 saturated carbocycles. The molecule has 4 nitrogen and oxygen atoms in total. The first-order valence-electron chi connectivity index (χ1n) is 16.0. The molecule has 4 aromatic carbocycles. The Balaban J connectivity index is 0.000000166. The summed E-state index contributed by atoms with van der Waals surface area (Å²) in [6.07, 6.45) is 3.05. The SMILES string of the molecule is [2H]C([2H])([2H])c1c[c-]c(-c2cc(C#N)c(C([2H])([2H])[2H])cn2)cc1.[Ir].[c-]1ccccc1-c1nccc2c3cccc4c5ccccc5n(c12)c43. The van der Waals surface area contributed by atoms with Crippen LogP contribution in [-0.4, -0.2) is 14.4 Å². The maximum Gasteiger partial charge on any atom is 0.0987 e. The number of hydrogen-bond acceptors (Lipinski definition) is 3. The number of aryl methyl sites for hydroxylation is 2. The van der Waals surface area contributed by atoms with Crippen molar-refractivity contribution in [3.05, 3.63) is 138 Å². The van der Waals surface area contributed by atoms with Gasteiger partial charge in [-0.3, -0.25) is 0 Å². The molecule has 4 aromatic heterocycles. The van der Waals surface area contributed by atoms with Gasteiger partial charge in [-0.15, -0.1) is 71.3 Å². The summed E-state index contributed by atoms with van der Waals surface area (Å²) in [5, 5.41) is 14.2. The molecule has 0 aliphatic heterocycles. The maximum absolute atomic E-state index is 9.09. The molecule has 0 saturated heterocycles. The molecule has 4 heterocycles. The van der Waals surface area contributed by atoms with Crippen molar-refractivity contribution in [2.24, 2.45) is 0 Å². The van der Waals surface area contributed by atoms with E-state index in [1.54, 1.807) is 0 Å². The van der Waals surface area contributed by atoms with Gasteiger partial charge in [0.15, 0.2) is 0 Å². The number of hydrogen-bond donors (Lipinski definition) is 0. The molecule has 0 aliphatic rings. The van der Waals surface area contributed by atoms with Crippen LogP contribution in [0.1, 0.15) is 24.9 Å². The molecule has 0 spiro atoms. The van der Waals surface area contributed by atoms with Crippen LogP contribution in [-0.2, 0) is 20.1 Å². The molecule has 0 unspecified atom stereocenters. The van der Waals surface area contributed by atoms with Gasteiger partial charge in [0.2, 0.25) is 0 Å². The summed E-state index contributed by atoms with van der Waals surface area (Å²) in [5.74, 6) is 0. The molecule has 0 fully saturated rings. The van der Waals surface area contributed by atoms with Gasteiger partial charge < -0.3 is 14.4 Å². The van der Waals surface area contributed by atoms with Gasteiger partial charge in [0.05, 0.1) is 17.1 Å². The van der Waals surface area contributed by atoms with Crippen molar-refractivity contribution in [1.82, 2.24) is 14.4 Å². The second-order valence-corrected chi connectivity index (χ2v) is 9.60. The molecule has 0 N–H and O–H groups in total. The minimum absolute atomic E-state index is 0. The van der Waals surface area contributed by atoms with Crippen LogP contribution in [0.3, 0.4) is 0 Å². The van der Waals surface area contributed by atoms with Gasteiger partial charge in [-0.25, -0.2) is 0 Å². The van der Waals surface area contributed by atoms with Gasteiger partial charge in [-0.1, -0.05) is 49.3 Å². The molecule has 0 amide bonds. The van der Waals surface area contributed by atoms with Crippen molar-refractivity contribution in [2.45, 2.75) is 13.7 Å². The van der Waals surface area contributed by atoms with Crippen LogP contribution in [0.2, 0.25) is 0 Å². The predicted molar refractivity (Wildman–Crippen MR) is 166 cm³/mol. The fraction of sp³-hybridized carbons (Fsp3) is 0.0541. The summed E-state index contributed by atoms with van der Waals surface area (Å²) < 4.78 is 46.4. The van der Waals surface area contributed by atoms with E-state index in [2.05, 4.69) is 76.1 Å². The Labute approximate surface area is 266 Å². The molecular formula is C37H24IrN4-2. The smallest absolute Gasteiger partial charge is 0.0987 e. The second kappa shape index (κ2) is 11.2. The van der Waals surface area contributed by atoms with E-state index in [0.29, 0.717) is 11.3 Å². The van der Waals surface area contributed by atoms with Gasteiger partial charge in [0, 0.05) is 79.0 Å². The molecule has 203 valence electrons. The van der Waals surface area contributed by atoms with E-state index < -0.39 is 13.7 Å². The Morgan fingerprint density at radius 3 is 2.36 bits per heavy atom. The maximum atomic E-state index is 9.09. The minimum Gasteiger partial charge on any atom is -0.315 e. The van der Waals surface area contributed by atoms with Gasteiger partial charge in [0.1, 0.15) is 0 Å². The molecule has 0 bridgehead atoms. The van der Waals surface area contributed by atoms with Crippen molar-refractivity contribution in [3.63, 3.8) is 0 Å². The van der Waals surface area contributed by atoms with Crippen molar-refractivity contribution in [2.75, 3.05) is 0 Å². The minimum atomic E-state index is -2.41. The summed E-state index contributed by atoms with van der Waals surface area (Å²) >= 11 is 0. The molecule has 5 heteroatoms. The number of pyridine rings is 2. The summed E-state index contributed by atoms with van der Waals surface area (Å²) in [5.41, 5.74) is 6.58. The first-order chi connectivity index (χ1) is 22.6. The van der Waals surface area contributed by atoms with Gasteiger partial charge >= 0.3 is 0 Å². The zero-order valence-electron chi connectivity index (χ0n) is 28.0. The molecule has 8 rings (SSSR count). The fourth-order valence-electron chi connectivity index (χ4n) is 5.38. The first-order valence-corrected chi connectivity index (χ1v) is 13.0. The van der Waals surface area contributed by atoms with Crippen LogP contribution in [0.15, 0.2) is 109 Å². The van der Waals surface area contributed by atoms with Crippen molar-refractivity contribution >= 4 is 38.1 Å². The standard InChI is InChI=1S/C23H13N2.C14H11N2.Ir/c1-2-7-15(8-3-1)21-23-19(13-14-24-21)18-11-6-10-17-16-9-4-5-12-20(16)25(23)22(17)18;1-10-3-5-12(6-4-10)14-7-13(8-15)11(2)9-16-14;/h1-7,9-14H;3-5,7,9H,1-2H3;/q2*-1;/i;1D3,2D3;. The fourth-order valence-corrected chi connectivity index (χ4v) is 5.38. The molecule has 42 heavy (non-hydrogen) atoms. The van der Waals surface area contributed by atoms with E-state index in [1.807, 2.05) is 30.5 Å². The number of nitrogens with zero attached hydrogens (tertiary/aromatic N) is 4. The second-order valence-electron chi connectivity index (χ2n) is 9.60. The van der Waals surface area contributed by atoms with Crippen molar-refractivity contribution in [3.8, 4) is 28.6 Å². The topological polar surface area (TPSA) is 54.0 Å². The first kappa shape index (κ1) is 20.9. The summed E-state index contributed by atoms with van der Waals surface area (Å²) in [4.78, 5) is 8.76. The number of rotatable bonds is 2. The normalized spacial score (nSPS) is 13.6. The van der Waals surface area contributed by atoms with Crippen LogP contribution in [0.4, 0.5) is 0 Å². The number of benzene rings is 4. The zero-order chi connectivity index (χ0) is 32.9. The third kappa shape index (κ3) is 4.52. The number of para-hydroxylation sites is 2. The van der Waals surface area contributed by atoms with Crippen LogP contribution in [0.25, 0.3) is 60.6 Å². The van der Waals surface area contributed by atoms with Crippen LogP contribution in [0, 0.1) is 37.2 Å². The third-order valence-electron chi connectivity index (χ3n) is 7.21. The van der Waals surface area contributed by atoms with E-state index in [-0.39, 0.29) is 36.8 Å². The summed E-state index contributed by atoms with van der Waals surface area (Å²) in [7, 11) is 0. The van der Waals surface area contributed by atoms with E-state index in [9.17, 15) is 0 Å². The third-order valence-corrected chi connectivity index (χ3v) is 7.21. The average molecular weight is 723 g/mol. The number of nitriles is 1. The number of aromatic nitrogens is 3. The molecule has 8 aromatic rings. The Kier molecular flexibility index (Phi) is 5.57. The van der Waals surface area contributed by atoms with Crippen molar-refractivity contribution in [1.29, 1.82) is 5.26 Å². The molecule has 0 atom stereocenters. The van der Waals surface area contributed by atoms with E-state index in [4.69, 9.17) is 18.5 Å². The Hall–Kier alpha value is -4.88. The largest absolute Gasteiger partial charge is 0.315 e.